The van der Waals surface area contributed by atoms with E-state index in [0.717, 1.165) is 62.8 Å². The van der Waals surface area contributed by atoms with Crippen molar-refractivity contribution in [3.8, 4) is 21.9 Å². The molecule has 4 aromatic carbocycles. The van der Waals surface area contributed by atoms with Gasteiger partial charge in [0.2, 0.25) is 14.9 Å². The zero-order chi connectivity index (χ0) is 42.5. The van der Waals surface area contributed by atoms with Gasteiger partial charge in [0.1, 0.15) is 29.4 Å². The molecule has 9 nitrogen and oxygen atoms in total. The van der Waals surface area contributed by atoms with E-state index in [4.69, 9.17) is 24.4 Å². The number of anilines is 1. The van der Waals surface area contributed by atoms with Crippen LogP contribution in [0.25, 0.3) is 20.5 Å². The number of methoxy groups -OCH3 is 1. The number of ether oxygens (including phenoxy) is 3. The van der Waals surface area contributed by atoms with Gasteiger partial charge in [0, 0.05) is 32.8 Å². The summed E-state index contributed by atoms with van der Waals surface area (Å²) in [6.07, 6.45) is 3.18. The molecule has 1 amide bonds. The van der Waals surface area contributed by atoms with Gasteiger partial charge in [-0.1, -0.05) is 75.4 Å². The molecular weight excluding hydrogens is 775 g/mol. The van der Waals surface area contributed by atoms with Crippen molar-refractivity contribution in [1.82, 2.24) is 4.90 Å². The Morgan fingerprint density at radius 3 is 2.20 bits per heavy atom. The summed E-state index contributed by atoms with van der Waals surface area (Å²) in [6.45, 7) is 18.4. The molecule has 2 heterocycles. The molecule has 2 atom stereocenters. The molecule has 1 radical (unpaired) electrons. The molecule has 11 heteroatoms. The van der Waals surface area contributed by atoms with Crippen molar-refractivity contribution in [1.29, 1.82) is 0 Å². The van der Waals surface area contributed by atoms with Crippen LogP contribution in [0, 0.1) is 11.3 Å². The highest BCUT2D eigenvalue weighted by atomic mass is 32.1. The minimum atomic E-state index is -1.62. The van der Waals surface area contributed by atoms with Gasteiger partial charge in [-0.15, -0.1) is 11.3 Å². The average Bonchev–Trinajstić information content (AvgIpc) is 3.81. The second-order valence-corrected chi connectivity index (χ2v) is 20.8. The van der Waals surface area contributed by atoms with E-state index >= 15 is 0 Å². The second kappa shape index (κ2) is 18.4. The molecule has 0 spiro atoms. The summed E-state index contributed by atoms with van der Waals surface area (Å²) in [6, 6.07) is 30.8. The number of amides is 1. The fraction of sp³-hybridized carbons (Fsp3) is 0.417. The molecule has 1 unspecified atom stereocenters. The van der Waals surface area contributed by atoms with Crippen molar-refractivity contribution < 1.29 is 28.2 Å². The number of nitrogens with two attached hydrogens (primary N) is 1. The maximum absolute atomic E-state index is 14.2. The lowest BCUT2D eigenvalue weighted by Crippen LogP contribution is -2.66. The SMILES string of the molecule is COc1cc(Cc2c(-c3ccc(NC(=O)[C@@H](C(=O)OC(C)(C)C)C(N)(O[Si](C)C)C(C)(C)C)cc3)sc3cc(OCc4ccccc4)ccc23)ccc1CN1CCCC1. The Morgan fingerprint density at radius 1 is 0.881 bits per heavy atom. The number of hydrogen-bond acceptors (Lipinski definition) is 9. The van der Waals surface area contributed by atoms with Crippen LogP contribution in [0.15, 0.2) is 91.0 Å². The molecule has 1 aromatic heterocycles. The molecule has 1 fully saturated rings. The van der Waals surface area contributed by atoms with Crippen molar-refractivity contribution in [2.45, 2.75) is 98.4 Å². The van der Waals surface area contributed by atoms with Gasteiger partial charge in [0.25, 0.3) is 0 Å². The smallest absolute Gasteiger partial charge is 0.323 e. The zero-order valence-corrected chi connectivity index (χ0v) is 37.9. The van der Waals surface area contributed by atoms with Crippen molar-refractivity contribution >= 4 is 48.0 Å². The predicted octanol–water partition coefficient (Wildman–Crippen LogP) is 10.2. The van der Waals surface area contributed by atoms with Crippen LogP contribution in [0.4, 0.5) is 5.69 Å². The lowest BCUT2D eigenvalue weighted by Gasteiger charge is -2.46. The van der Waals surface area contributed by atoms with E-state index in [-0.39, 0.29) is 0 Å². The molecule has 5 aromatic rings. The minimum absolute atomic E-state index is 0.481. The van der Waals surface area contributed by atoms with E-state index in [1.54, 1.807) is 39.2 Å². The summed E-state index contributed by atoms with van der Waals surface area (Å²) in [5.41, 5.74) is 9.92. The van der Waals surface area contributed by atoms with Gasteiger partial charge >= 0.3 is 5.97 Å². The Hall–Kier alpha value is -4.52. The molecule has 0 aliphatic carbocycles. The Kier molecular flexibility index (Phi) is 13.7. The van der Waals surface area contributed by atoms with Crippen LogP contribution >= 0.6 is 11.3 Å². The summed E-state index contributed by atoms with van der Waals surface area (Å²) >= 11 is 1.72. The zero-order valence-electron chi connectivity index (χ0n) is 36.1. The van der Waals surface area contributed by atoms with E-state index < -0.39 is 43.6 Å². The molecular formula is C48H60N3O6SSi. The number of benzene rings is 4. The van der Waals surface area contributed by atoms with E-state index in [2.05, 4.69) is 52.7 Å². The summed E-state index contributed by atoms with van der Waals surface area (Å²) in [7, 11) is 0.319. The number of nitrogens with one attached hydrogen (secondary N) is 1. The summed E-state index contributed by atoms with van der Waals surface area (Å²) in [5.74, 6) is -1.02. The fourth-order valence-corrected chi connectivity index (χ4v) is 9.88. The number of nitrogens with zero attached hydrogens (tertiary/aromatic N) is 1. The third-order valence-corrected chi connectivity index (χ3v) is 12.6. The number of rotatable bonds is 15. The van der Waals surface area contributed by atoms with Crippen LogP contribution in [-0.2, 0) is 38.3 Å². The van der Waals surface area contributed by atoms with Gasteiger partial charge in [-0.2, -0.15) is 0 Å². The Morgan fingerprint density at radius 2 is 1.58 bits per heavy atom. The van der Waals surface area contributed by atoms with Gasteiger partial charge in [0.15, 0.2) is 5.92 Å². The van der Waals surface area contributed by atoms with Crippen LogP contribution in [-0.4, -0.2) is 57.3 Å². The lowest BCUT2D eigenvalue weighted by atomic mass is 9.75. The van der Waals surface area contributed by atoms with Crippen LogP contribution in [0.2, 0.25) is 13.1 Å². The van der Waals surface area contributed by atoms with Crippen molar-refractivity contribution in [2.75, 3.05) is 25.5 Å². The lowest BCUT2D eigenvalue weighted by molar-refractivity contribution is -0.178. The highest BCUT2D eigenvalue weighted by Gasteiger charge is 2.55. The number of carbonyl (C=O) groups is 2. The van der Waals surface area contributed by atoms with Crippen LogP contribution in [0.5, 0.6) is 11.5 Å². The first-order chi connectivity index (χ1) is 27.9. The highest BCUT2D eigenvalue weighted by molar-refractivity contribution is 7.22. The molecule has 313 valence electrons. The van der Waals surface area contributed by atoms with E-state index in [9.17, 15) is 9.59 Å². The Labute approximate surface area is 355 Å². The molecule has 1 saturated heterocycles. The van der Waals surface area contributed by atoms with Crippen LogP contribution in [0.1, 0.15) is 76.6 Å². The first-order valence-corrected chi connectivity index (χ1v) is 23.7. The first kappa shape index (κ1) is 44.0. The van der Waals surface area contributed by atoms with Gasteiger partial charge in [-0.05, 0) is 130 Å². The monoisotopic (exact) mass is 834 g/mol. The summed E-state index contributed by atoms with van der Waals surface area (Å²) in [4.78, 5) is 31.6. The predicted molar refractivity (Wildman–Crippen MR) is 241 cm³/mol. The number of likely N-dealkylation sites (tertiary alicyclic amines) is 1. The van der Waals surface area contributed by atoms with E-state index in [1.807, 2.05) is 82.4 Å². The van der Waals surface area contributed by atoms with Gasteiger partial charge in [-0.3, -0.25) is 14.5 Å². The number of esters is 1. The molecule has 0 bridgehead atoms. The molecule has 1 aliphatic rings. The highest BCUT2D eigenvalue weighted by Crippen LogP contribution is 2.43. The number of carbonyl (C=O) groups excluding carboxylic acids is 2. The minimum Gasteiger partial charge on any atom is -0.496 e. The van der Waals surface area contributed by atoms with Gasteiger partial charge < -0.3 is 29.7 Å². The number of hydrogen-bond donors (Lipinski definition) is 2. The largest absolute Gasteiger partial charge is 0.496 e. The maximum Gasteiger partial charge on any atom is 0.323 e. The van der Waals surface area contributed by atoms with Crippen molar-refractivity contribution in [2.24, 2.45) is 17.1 Å². The van der Waals surface area contributed by atoms with Crippen LogP contribution in [0.3, 0.4) is 0 Å². The number of thiophene rings is 1. The van der Waals surface area contributed by atoms with E-state index in [1.165, 1.54) is 24.0 Å². The Balaban J connectivity index is 1.32. The van der Waals surface area contributed by atoms with Crippen molar-refractivity contribution in [3.63, 3.8) is 0 Å². The maximum atomic E-state index is 14.2. The van der Waals surface area contributed by atoms with Crippen LogP contribution < -0.4 is 20.5 Å². The first-order valence-electron chi connectivity index (χ1n) is 20.5. The normalized spacial score (nSPS) is 15.2. The van der Waals surface area contributed by atoms with Gasteiger partial charge in [-0.25, -0.2) is 0 Å². The molecule has 59 heavy (non-hydrogen) atoms. The molecule has 0 saturated carbocycles. The quantitative estimate of drug-likeness (QED) is 0.0464. The standard InChI is InChI=1S/C48H60N3O6SSi/c1-46(2,3)48(49,57-59(8)9)42(45(53)56-47(4,5)6)44(52)50-36-21-19-34(20-22-36)43-39(27-33-17-18-35(40(28-33)54-7)30-51-25-13-14-26-51)38-24-23-37(29-41(38)58-43)55-31-32-15-11-10-12-16-32/h10-12,15-24,28-29,42H,13-14,25-27,30-31,49H2,1-9H3,(H,50,52)/t42-,48?/m0/s1. The molecule has 6 rings (SSSR count). The van der Waals surface area contributed by atoms with E-state index in [0.29, 0.717) is 18.7 Å². The summed E-state index contributed by atoms with van der Waals surface area (Å²) < 4.78 is 25.4. The van der Waals surface area contributed by atoms with Crippen molar-refractivity contribution in [3.05, 3.63) is 113 Å². The fourth-order valence-electron chi connectivity index (χ4n) is 7.52. The topological polar surface area (TPSA) is 112 Å². The molecule has 3 N–H and O–H groups in total. The third kappa shape index (κ3) is 10.8. The average molecular weight is 835 g/mol. The van der Waals surface area contributed by atoms with Gasteiger partial charge in [0.05, 0.1) is 7.11 Å². The number of fused-ring (bicyclic) bond motifs is 1. The molecule has 1 aliphatic heterocycles. The summed E-state index contributed by atoms with van der Waals surface area (Å²) in [5, 5.41) is 4.14. The Bertz CT molecular complexity index is 2220. The second-order valence-electron chi connectivity index (χ2n) is 17.7. The third-order valence-electron chi connectivity index (χ3n) is 10.6.